The summed E-state index contributed by atoms with van der Waals surface area (Å²) >= 11 is 1.47. The van der Waals surface area contributed by atoms with Crippen LogP contribution in [0.3, 0.4) is 0 Å². The zero-order valence-corrected chi connectivity index (χ0v) is 14.0. The molecule has 1 heterocycles. The summed E-state index contributed by atoms with van der Waals surface area (Å²) in [6, 6.07) is 15.0. The Balaban J connectivity index is 1.69. The number of thiazole rings is 1. The Morgan fingerprint density at radius 1 is 1.25 bits per heavy atom. The van der Waals surface area contributed by atoms with Crippen molar-refractivity contribution in [3.8, 4) is 22.8 Å². The lowest BCUT2D eigenvalue weighted by Gasteiger charge is -2.05. The first kappa shape index (κ1) is 16.0. The highest BCUT2D eigenvalue weighted by atomic mass is 32.1. The van der Waals surface area contributed by atoms with E-state index in [1.54, 1.807) is 24.4 Å². The van der Waals surface area contributed by atoms with Gasteiger partial charge in [-0.2, -0.15) is 5.10 Å². The van der Waals surface area contributed by atoms with Crippen LogP contribution >= 0.6 is 11.3 Å². The molecule has 0 fully saturated rings. The van der Waals surface area contributed by atoms with E-state index in [4.69, 9.17) is 4.74 Å². The molecule has 0 saturated carbocycles. The second kappa shape index (κ2) is 7.61. The van der Waals surface area contributed by atoms with Crippen molar-refractivity contribution >= 4 is 22.7 Å². The lowest BCUT2D eigenvalue weighted by atomic mass is 10.2. The lowest BCUT2D eigenvalue weighted by Crippen LogP contribution is -1.94. The van der Waals surface area contributed by atoms with Crippen LogP contribution in [0.25, 0.3) is 11.3 Å². The van der Waals surface area contributed by atoms with Gasteiger partial charge in [-0.1, -0.05) is 30.3 Å². The van der Waals surface area contributed by atoms with Gasteiger partial charge < -0.3 is 9.84 Å². The van der Waals surface area contributed by atoms with Gasteiger partial charge in [0.2, 0.25) is 5.13 Å². The SMILES string of the molecule is CCOc1ccc(O)c(C=NNc2nc(-c3ccccc3)cs2)c1. The number of nitrogens with zero attached hydrogens (tertiary/aromatic N) is 2. The van der Waals surface area contributed by atoms with Gasteiger partial charge in [-0.15, -0.1) is 11.3 Å². The molecule has 24 heavy (non-hydrogen) atoms. The van der Waals surface area contributed by atoms with Crippen LogP contribution in [0.5, 0.6) is 11.5 Å². The van der Waals surface area contributed by atoms with E-state index in [0.717, 1.165) is 11.3 Å². The second-order valence-electron chi connectivity index (χ2n) is 4.93. The quantitative estimate of drug-likeness (QED) is 0.517. The third-order valence-electron chi connectivity index (χ3n) is 3.25. The summed E-state index contributed by atoms with van der Waals surface area (Å²) in [5.74, 6) is 0.838. The van der Waals surface area contributed by atoms with E-state index in [1.807, 2.05) is 42.6 Å². The molecule has 0 radical (unpaired) electrons. The third-order valence-corrected chi connectivity index (χ3v) is 3.99. The van der Waals surface area contributed by atoms with Crippen LogP contribution in [-0.4, -0.2) is 22.9 Å². The maximum Gasteiger partial charge on any atom is 0.203 e. The number of anilines is 1. The largest absolute Gasteiger partial charge is 0.507 e. The van der Waals surface area contributed by atoms with Crippen LogP contribution < -0.4 is 10.2 Å². The lowest BCUT2D eigenvalue weighted by molar-refractivity contribution is 0.339. The van der Waals surface area contributed by atoms with Crippen LogP contribution in [0, 0.1) is 0 Å². The molecular formula is C18H17N3O2S. The molecule has 0 saturated heterocycles. The van der Waals surface area contributed by atoms with E-state index >= 15 is 0 Å². The fourth-order valence-electron chi connectivity index (χ4n) is 2.12. The Morgan fingerprint density at radius 2 is 2.08 bits per heavy atom. The summed E-state index contributed by atoms with van der Waals surface area (Å²) in [6.45, 7) is 2.48. The minimum atomic E-state index is 0.146. The number of ether oxygens (including phenoxy) is 1. The number of hydrogen-bond donors (Lipinski definition) is 2. The topological polar surface area (TPSA) is 66.7 Å². The normalized spacial score (nSPS) is 10.9. The number of phenols is 1. The standard InChI is InChI=1S/C18H17N3O2S/c1-2-23-15-8-9-17(22)14(10-15)11-19-21-18-20-16(12-24-18)13-6-4-3-5-7-13/h3-12,22H,2H2,1H3,(H,20,21). The van der Waals surface area contributed by atoms with E-state index in [0.29, 0.717) is 23.1 Å². The number of aromatic hydroxyl groups is 1. The molecule has 0 atom stereocenters. The van der Waals surface area contributed by atoms with Gasteiger partial charge in [0.15, 0.2) is 0 Å². The highest BCUT2D eigenvalue weighted by Gasteiger charge is 2.04. The van der Waals surface area contributed by atoms with Gasteiger partial charge in [-0.05, 0) is 25.1 Å². The molecule has 2 aromatic carbocycles. The molecule has 122 valence electrons. The van der Waals surface area contributed by atoms with Crippen molar-refractivity contribution in [1.29, 1.82) is 0 Å². The van der Waals surface area contributed by atoms with E-state index < -0.39 is 0 Å². The zero-order chi connectivity index (χ0) is 16.8. The van der Waals surface area contributed by atoms with Gasteiger partial charge in [-0.3, -0.25) is 5.43 Å². The molecule has 0 aliphatic heterocycles. The van der Waals surface area contributed by atoms with E-state index in [-0.39, 0.29) is 5.75 Å². The summed E-state index contributed by atoms with van der Waals surface area (Å²) in [7, 11) is 0. The summed E-state index contributed by atoms with van der Waals surface area (Å²) in [5, 5.41) is 16.7. The van der Waals surface area contributed by atoms with Crippen molar-refractivity contribution in [3.63, 3.8) is 0 Å². The second-order valence-corrected chi connectivity index (χ2v) is 5.79. The average molecular weight is 339 g/mol. The van der Waals surface area contributed by atoms with Gasteiger partial charge in [0.25, 0.3) is 0 Å². The molecule has 0 unspecified atom stereocenters. The van der Waals surface area contributed by atoms with Crippen molar-refractivity contribution in [2.24, 2.45) is 5.10 Å². The summed E-state index contributed by atoms with van der Waals surface area (Å²) < 4.78 is 5.41. The van der Waals surface area contributed by atoms with Crippen LogP contribution in [-0.2, 0) is 0 Å². The van der Waals surface area contributed by atoms with Gasteiger partial charge in [0, 0.05) is 16.5 Å². The molecule has 0 aliphatic rings. The maximum absolute atomic E-state index is 9.87. The number of hydrogen-bond acceptors (Lipinski definition) is 6. The average Bonchev–Trinajstić information content (AvgIpc) is 3.08. The molecule has 0 spiro atoms. The smallest absolute Gasteiger partial charge is 0.203 e. The fourth-order valence-corrected chi connectivity index (χ4v) is 2.78. The Bertz CT molecular complexity index is 831. The Kier molecular flexibility index (Phi) is 5.08. The molecule has 6 heteroatoms. The van der Waals surface area contributed by atoms with Crippen LogP contribution in [0.1, 0.15) is 12.5 Å². The van der Waals surface area contributed by atoms with E-state index in [2.05, 4.69) is 15.5 Å². The number of nitrogens with one attached hydrogen (secondary N) is 1. The Morgan fingerprint density at radius 3 is 2.88 bits per heavy atom. The van der Waals surface area contributed by atoms with Gasteiger partial charge in [0.05, 0.1) is 18.5 Å². The first-order valence-electron chi connectivity index (χ1n) is 7.52. The minimum absolute atomic E-state index is 0.146. The molecule has 0 amide bonds. The predicted octanol–water partition coefficient (Wildman–Crippen LogP) is 4.36. The number of rotatable bonds is 6. The molecule has 2 N–H and O–H groups in total. The summed E-state index contributed by atoms with van der Waals surface area (Å²) in [6.07, 6.45) is 1.54. The third kappa shape index (κ3) is 3.91. The van der Waals surface area contributed by atoms with Crippen molar-refractivity contribution in [1.82, 2.24) is 4.98 Å². The van der Waals surface area contributed by atoms with Crippen molar-refractivity contribution in [3.05, 3.63) is 59.5 Å². The monoisotopic (exact) mass is 339 g/mol. The number of hydrazone groups is 1. The van der Waals surface area contributed by atoms with Gasteiger partial charge in [-0.25, -0.2) is 4.98 Å². The van der Waals surface area contributed by atoms with Crippen LogP contribution in [0.2, 0.25) is 0 Å². The first-order chi connectivity index (χ1) is 11.8. The molecular weight excluding hydrogens is 322 g/mol. The minimum Gasteiger partial charge on any atom is -0.507 e. The number of benzene rings is 2. The first-order valence-corrected chi connectivity index (χ1v) is 8.40. The molecule has 5 nitrogen and oxygen atoms in total. The highest BCUT2D eigenvalue weighted by Crippen LogP contribution is 2.25. The van der Waals surface area contributed by atoms with Crippen molar-refractivity contribution in [2.45, 2.75) is 6.92 Å². The predicted molar refractivity (Wildman–Crippen MR) is 98.0 cm³/mol. The van der Waals surface area contributed by atoms with E-state index in [1.165, 1.54) is 11.3 Å². The van der Waals surface area contributed by atoms with Crippen molar-refractivity contribution in [2.75, 3.05) is 12.0 Å². The van der Waals surface area contributed by atoms with Crippen molar-refractivity contribution < 1.29 is 9.84 Å². The zero-order valence-electron chi connectivity index (χ0n) is 13.1. The Hall–Kier alpha value is -2.86. The highest BCUT2D eigenvalue weighted by molar-refractivity contribution is 7.14. The van der Waals surface area contributed by atoms with Crippen LogP contribution in [0.15, 0.2) is 59.0 Å². The Labute approximate surface area is 144 Å². The molecule has 3 rings (SSSR count). The number of phenolic OH excluding ortho intramolecular Hbond substituents is 1. The van der Waals surface area contributed by atoms with E-state index in [9.17, 15) is 5.11 Å². The van der Waals surface area contributed by atoms with Crippen LogP contribution in [0.4, 0.5) is 5.13 Å². The molecule has 0 bridgehead atoms. The molecule has 3 aromatic rings. The maximum atomic E-state index is 9.87. The van der Waals surface area contributed by atoms with Gasteiger partial charge in [0.1, 0.15) is 11.5 Å². The van der Waals surface area contributed by atoms with Gasteiger partial charge >= 0.3 is 0 Å². The summed E-state index contributed by atoms with van der Waals surface area (Å²) in [4.78, 5) is 4.49. The summed E-state index contributed by atoms with van der Waals surface area (Å²) in [5.41, 5.74) is 5.43. The molecule has 0 aliphatic carbocycles. The fraction of sp³-hybridized carbons (Fsp3) is 0.111. The number of aromatic nitrogens is 1. The molecule has 1 aromatic heterocycles.